The van der Waals surface area contributed by atoms with Crippen LogP contribution in [0, 0.1) is 0 Å². The number of hydrogen-bond donors (Lipinski definition) is 2. The van der Waals surface area contributed by atoms with E-state index in [1.807, 2.05) is 0 Å². The Morgan fingerprint density at radius 3 is 1.48 bits per heavy atom. The number of carbonyl (C=O) groups is 2. The Kier molecular flexibility index (Phi) is 6.03. The maximum Gasteiger partial charge on any atom is 0.333 e. The minimum atomic E-state index is -1.36. The first kappa shape index (κ1) is 19.8. The van der Waals surface area contributed by atoms with E-state index in [9.17, 15) is 19.8 Å². The summed E-state index contributed by atoms with van der Waals surface area (Å²) in [5.41, 5.74) is 0.0491. The minimum Gasteiger partial charge on any atom is -0.508 e. The van der Waals surface area contributed by atoms with Crippen molar-refractivity contribution in [1.82, 2.24) is 0 Å². The van der Waals surface area contributed by atoms with Crippen molar-refractivity contribution in [2.24, 2.45) is 0 Å². The maximum atomic E-state index is 11.9. The van der Waals surface area contributed by atoms with E-state index < -0.39 is 23.6 Å². The average Bonchev–Trinajstić information content (AvgIpc) is 2.67. The largest absolute Gasteiger partial charge is 0.508 e. The second-order valence-electron chi connectivity index (χ2n) is 5.91. The molecule has 2 aromatic carbocycles. The topological polar surface area (TPSA) is 93.1 Å². The summed E-state index contributed by atoms with van der Waals surface area (Å²) in [6.45, 7) is 8.44. The lowest BCUT2D eigenvalue weighted by atomic mass is 9.75. The van der Waals surface area contributed by atoms with E-state index in [1.165, 1.54) is 24.3 Å². The van der Waals surface area contributed by atoms with Crippen molar-refractivity contribution >= 4 is 11.9 Å². The van der Waals surface area contributed by atoms with E-state index in [0.717, 1.165) is 12.2 Å². The fourth-order valence-corrected chi connectivity index (χ4v) is 2.62. The second-order valence-corrected chi connectivity index (χ2v) is 5.91. The van der Waals surface area contributed by atoms with E-state index in [4.69, 9.17) is 9.47 Å². The predicted octanol–water partition coefficient (Wildman–Crippen LogP) is 3.19. The van der Waals surface area contributed by atoms with Gasteiger partial charge in [-0.15, -0.1) is 0 Å². The summed E-state index contributed by atoms with van der Waals surface area (Å²) in [6, 6.07) is 12.4. The SMILES string of the molecule is C=CC(=O)OC(OC(=O)C=C)C(C)(c1ccc(O)cc1)c1ccc(O)cc1. The number of phenolic OH excluding ortho intramolecular Hbond substituents is 2. The Morgan fingerprint density at radius 2 is 1.19 bits per heavy atom. The fourth-order valence-electron chi connectivity index (χ4n) is 2.62. The standard InChI is InChI=1S/C21H20O6/c1-4-18(24)26-20(27-19(25)5-2)21(3,14-6-10-16(22)11-7-14)15-8-12-17(23)13-9-15/h4-13,20,22-23H,1-2H2,3H3. The van der Waals surface area contributed by atoms with Gasteiger partial charge in [0.25, 0.3) is 6.29 Å². The smallest absolute Gasteiger partial charge is 0.333 e. The maximum absolute atomic E-state index is 11.9. The van der Waals surface area contributed by atoms with Gasteiger partial charge in [0.1, 0.15) is 11.5 Å². The molecule has 6 heteroatoms. The molecule has 0 amide bonds. The molecule has 0 bridgehead atoms. The first-order valence-electron chi connectivity index (χ1n) is 8.06. The van der Waals surface area contributed by atoms with Gasteiger partial charge in [-0.2, -0.15) is 0 Å². The molecule has 0 aliphatic heterocycles. The van der Waals surface area contributed by atoms with Crippen LogP contribution < -0.4 is 0 Å². The molecule has 0 radical (unpaired) electrons. The fraction of sp³-hybridized carbons (Fsp3) is 0.143. The number of esters is 2. The lowest BCUT2D eigenvalue weighted by molar-refractivity contribution is -0.190. The third-order valence-electron chi connectivity index (χ3n) is 4.19. The monoisotopic (exact) mass is 368 g/mol. The minimum absolute atomic E-state index is 0.0505. The van der Waals surface area contributed by atoms with Crippen molar-refractivity contribution < 1.29 is 29.3 Å². The quantitative estimate of drug-likeness (QED) is 0.443. The van der Waals surface area contributed by atoms with E-state index in [2.05, 4.69) is 13.2 Å². The summed E-state index contributed by atoms with van der Waals surface area (Å²) in [7, 11) is 0. The van der Waals surface area contributed by atoms with Gasteiger partial charge >= 0.3 is 11.9 Å². The highest BCUT2D eigenvalue weighted by molar-refractivity contribution is 5.83. The molecule has 0 aromatic heterocycles. The Hall–Kier alpha value is -3.54. The van der Waals surface area contributed by atoms with Crippen LogP contribution in [0.1, 0.15) is 18.1 Å². The van der Waals surface area contributed by atoms with Crippen LogP contribution in [0.2, 0.25) is 0 Å². The van der Waals surface area contributed by atoms with Crippen LogP contribution in [0.5, 0.6) is 11.5 Å². The van der Waals surface area contributed by atoms with Crippen molar-refractivity contribution in [2.45, 2.75) is 18.6 Å². The Balaban J connectivity index is 2.65. The van der Waals surface area contributed by atoms with Crippen molar-refractivity contribution in [3.8, 4) is 11.5 Å². The first-order valence-corrected chi connectivity index (χ1v) is 8.06. The van der Waals surface area contributed by atoms with E-state index in [1.54, 1.807) is 31.2 Å². The molecule has 0 aliphatic carbocycles. The Morgan fingerprint density at radius 1 is 0.852 bits per heavy atom. The van der Waals surface area contributed by atoms with Crippen molar-refractivity contribution in [1.29, 1.82) is 0 Å². The molecule has 0 spiro atoms. The molecule has 0 fully saturated rings. The highest BCUT2D eigenvalue weighted by atomic mass is 16.7. The number of carbonyl (C=O) groups excluding carboxylic acids is 2. The zero-order valence-corrected chi connectivity index (χ0v) is 14.8. The summed E-state index contributed by atoms with van der Waals surface area (Å²) in [5, 5.41) is 19.2. The van der Waals surface area contributed by atoms with Gasteiger partial charge in [-0.05, 0) is 42.3 Å². The summed E-state index contributed by atoms with van der Waals surface area (Å²) in [6.07, 6.45) is 0.564. The molecule has 140 valence electrons. The Labute approximate surface area is 157 Å². The molecule has 27 heavy (non-hydrogen) atoms. The number of ether oxygens (including phenoxy) is 2. The van der Waals surface area contributed by atoms with Crippen LogP contribution in [0.15, 0.2) is 73.8 Å². The summed E-state index contributed by atoms with van der Waals surface area (Å²) >= 11 is 0. The highest BCUT2D eigenvalue weighted by Crippen LogP contribution is 2.39. The number of aromatic hydroxyl groups is 2. The van der Waals surface area contributed by atoms with Crippen molar-refractivity contribution in [3.05, 3.63) is 85.0 Å². The second kappa shape index (κ2) is 8.23. The molecule has 6 nitrogen and oxygen atoms in total. The van der Waals surface area contributed by atoms with Gasteiger partial charge in [0.05, 0.1) is 5.41 Å². The first-order chi connectivity index (χ1) is 12.8. The molecule has 2 aromatic rings. The highest BCUT2D eigenvalue weighted by Gasteiger charge is 2.43. The number of phenols is 2. The molecular weight excluding hydrogens is 348 g/mol. The van der Waals surface area contributed by atoms with E-state index in [-0.39, 0.29) is 11.5 Å². The van der Waals surface area contributed by atoms with Crippen LogP contribution in [-0.4, -0.2) is 28.4 Å². The normalized spacial score (nSPS) is 10.9. The third kappa shape index (κ3) is 4.36. The summed E-state index contributed by atoms with van der Waals surface area (Å²) < 4.78 is 10.7. The molecule has 0 unspecified atom stereocenters. The van der Waals surface area contributed by atoms with Crippen LogP contribution >= 0.6 is 0 Å². The molecule has 0 saturated carbocycles. The summed E-state index contributed by atoms with van der Waals surface area (Å²) in [4.78, 5) is 23.7. The van der Waals surface area contributed by atoms with Gasteiger partial charge in [-0.3, -0.25) is 0 Å². The number of benzene rings is 2. The van der Waals surface area contributed by atoms with Crippen molar-refractivity contribution in [3.63, 3.8) is 0 Å². The van der Waals surface area contributed by atoms with Gasteiger partial charge in [-0.25, -0.2) is 9.59 Å². The number of rotatable bonds is 7. The van der Waals surface area contributed by atoms with Crippen LogP contribution in [-0.2, 0) is 24.5 Å². The molecule has 2 rings (SSSR count). The Bertz CT molecular complexity index is 768. The molecular formula is C21H20O6. The zero-order valence-electron chi connectivity index (χ0n) is 14.8. The molecule has 0 aliphatic rings. The average molecular weight is 368 g/mol. The van der Waals surface area contributed by atoms with Gasteiger partial charge in [0.2, 0.25) is 0 Å². The van der Waals surface area contributed by atoms with E-state index >= 15 is 0 Å². The van der Waals surface area contributed by atoms with Gasteiger partial charge in [0.15, 0.2) is 0 Å². The van der Waals surface area contributed by atoms with Crippen LogP contribution in [0.4, 0.5) is 0 Å². The van der Waals surface area contributed by atoms with Crippen molar-refractivity contribution in [2.75, 3.05) is 0 Å². The summed E-state index contributed by atoms with van der Waals surface area (Å²) in [5.74, 6) is -1.45. The van der Waals surface area contributed by atoms with Gasteiger partial charge in [-0.1, -0.05) is 37.4 Å². The molecule has 0 saturated heterocycles. The van der Waals surface area contributed by atoms with Gasteiger partial charge < -0.3 is 19.7 Å². The third-order valence-corrected chi connectivity index (χ3v) is 4.19. The van der Waals surface area contributed by atoms with Gasteiger partial charge in [0, 0.05) is 12.2 Å². The zero-order chi connectivity index (χ0) is 20.0. The molecule has 0 heterocycles. The van der Waals surface area contributed by atoms with E-state index in [0.29, 0.717) is 11.1 Å². The predicted molar refractivity (Wildman–Crippen MR) is 99.0 cm³/mol. The van der Waals surface area contributed by atoms with Crippen LogP contribution in [0.3, 0.4) is 0 Å². The van der Waals surface area contributed by atoms with Crippen LogP contribution in [0.25, 0.3) is 0 Å². The number of hydrogen-bond acceptors (Lipinski definition) is 6. The lowest BCUT2D eigenvalue weighted by Crippen LogP contribution is -2.43. The lowest BCUT2D eigenvalue weighted by Gasteiger charge is -2.36. The molecule has 0 atom stereocenters. The molecule has 2 N–H and O–H groups in total.